The van der Waals surface area contributed by atoms with E-state index in [-0.39, 0.29) is 0 Å². The van der Waals surface area contributed by atoms with Crippen LogP contribution >= 0.6 is 7.92 Å². The molecule has 4 aromatic rings. The van der Waals surface area contributed by atoms with E-state index in [0.29, 0.717) is 39.1 Å². The maximum absolute atomic E-state index is 6.13. The Balaban J connectivity index is 1.50. The molecule has 192 valence electrons. The van der Waals surface area contributed by atoms with Crippen LogP contribution in [0.3, 0.4) is 0 Å². The highest BCUT2D eigenvalue weighted by Gasteiger charge is 2.31. The summed E-state index contributed by atoms with van der Waals surface area (Å²) in [5.41, 5.74) is 1.37. The molecule has 0 saturated carbocycles. The third-order valence-electron chi connectivity index (χ3n) is 6.93. The summed E-state index contributed by atoms with van der Waals surface area (Å²) >= 11 is 0. The van der Waals surface area contributed by atoms with Crippen LogP contribution in [-0.2, 0) is 14.2 Å². The van der Waals surface area contributed by atoms with Crippen LogP contribution in [0, 0.1) is 0 Å². The Labute approximate surface area is 221 Å². The van der Waals surface area contributed by atoms with Crippen molar-refractivity contribution in [1.82, 2.24) is 0 Å². The van der Waals surface area contributed by atoms with Gasteiger partial charge in [0.05, 0.1) is 44.8 Å². The predicted octanol–water partition coefficient (Wildman–Crippen LogP) is 5.25. The minimum Gasteiger partial charge on any atom is -0.382 e. The van der Waals surface area contributed by atoms with E-state index in [1.807, 2.05) is 0 Å². The second kappa shape index (κ2) is 13.2. The SMILES string of the molecule is COCCOCCOC[C@@H]1CCCN1c1c(P(c2ccccc2)c2ccccc2)ccc2ccccc12. The number of hydrogen-bond acceptors (Lipinski definition) is 4. The second-order valence-electron chi connectivity index (χ2n) is 9.33. The Bertz CT molecular complexity index is 1210. The summed E-state index contributed by atoms with van der Waals surface area (Å²) < 4.78 is 16.8. The molecule has 0 unspecified atom stereocenters. The van der Waals surface area contributed by atoms with Gasteiger partial charge in [-0.15, -0.1) is 0 Å². The summed E-state index contributed by atoms with van der Waals surface area (Å²) in [4.78, 5) is 2.63. The van der Waals surface area contributed by atoms with Gasteiger partial charge in [-0.1, -0.05) is 97.1 Å². The van der Waals surface area contributed by atoms with Gasteiger partial charge in [-0.05, 0) is 36.8 Å². The van der Waals surface area contributed by atoms with Crippen molar-refractivity contribution in [1.29, 1.82) is 0 Å². The minimum atomic E-state index is -0.714. The van der Waals surface area contributed by atoms with Crippen molar-refractivity contribution in [3.8, 4) is 0 Å². The van der Waals surface area contributed by atoms with E-state index in [2.05, 4.69) is 102 Å². The molecule has 1 heterocycles. The Kier molecular flexibility index (Phi) is 9.21. The number of hydrogen-bond donors (Lipinski definition) is 0. The van der Waals surface area contributed by atoms with E-state index in [4.69, 9.17) is 14.2 Å². The van der Waals surface area contributed by atoms with Crippen LogP contribution in [-0.4, -0.2) is 52.7 Å². The molecule has 5 heteroatoms. The quantitative estimate of drug-likeness (QED) is 0.191. The molecule has 37 heavy (non-hydrogen) atoms. The molecule has 0 radical (unpaired) electrons. The monoisotopic (exact) mass is 513 g/mol. The van der Waals surface area contributed by atoms with Crippen molar-refractivity contribution < 1.29 is 14.2 Å². The van der Waals surface area contributed by atoms with Crippen molar-refractivity contribution in [2.45, 2.75) is 18.9 Å². The topological polar surface area (TPSA) is 30.9 Å². The molecule has 1 atom stereocenters. The Morgan fingerprint density at radius 1 is 0.730 bits per heavy atom. The molecule has 0 amide bonds. The van der Waals surface area contributed by atoms with Gasteiger partial charge in [0.25, 0.3) is 0 Å². The van der Waals surface area contributed by atoms with Crippen molar-refractivity contribution in [2.24, 2.45) is 0 Å². The number of rotatable bonds is 12. The summed E-state index contributed by atoms with van der Waals surface area (Å²) in [7, 11) is 0.978. The molecule has 1 aliphatic rings. The van der Waals surface area contributed by atoms with E-state index < -0.39 is 7.92 Å². The molecule has 1 fully saturated rings. The maximum Gasteiger partial charge on any atom is 0.0701 e. The van der Waals surface area contributed by atoms with Gasteiger partial charge < -0.3 is 19.1 Å². The number of methoxy groups -OCH3 is 1. The Morgan fingerprint density at radius 3 is 2.11 bits per heavy atom. The van der Waals surface area contributed by atoms with E-state index in [9.17, 15) is 0 Å². The van der Waals surface area contributed by atoms with Crippen LogP contribution in [0.25, 0.3) is 10.8 Å². The van der Waals surface area contributed by atoms with E-state index in [0.717, 1.165) is 13.0 Å². The fourth-order valence-electron chi connectivity index (χ4n) is 5.19. The third-order valence-corrected chi connectivity index (χ3v) is 9.40. The van der Waals surface area contributed by atoms with Crippen LogP contribution in [0.15, 0.2) is 97.1 Å². The lowest BCUT2D eigenvalue weighted by Gasteiger charge is -2.33. The highest BCUT2D eigenvalue weighted by atomic mass is 31.1. The fraction of sp³-hybridized carbons (Fsp3) is 0.312. The molecule has 0 bridgehead atoms. The van der Waals surface area contributed by atoms with Crippen LogP contribution < -0.4 is 20.8 Å². The molecule has 0 aliphatic carbocycles. The van der Waals surface area contributed by atoms with Gasteiger partial charge in [0.15, 0.2) is 0 Å². The predicted molar refractivity (Wildman–Crippen MR) is 157 cm³/mol. The number of anilines is 1. The van der Waals surface area contributed by atoms with Crippen molar-refractivity contribution in [3.05, 3.63) is 97.1 Å². The minimum absolute atomic E-state index is 0.354. The number of ether oxygens (including phenoxy) is 3. The first-order valence-electron chi connectivity index (χ1n) is 13.2. The summed E-state index contributed by atoms with van der Waals surface area (Å²) in [5, 5.41) is 6.78. The van der Waals surface area contributed by atoms with E-state index >= 15 is 0 Å². The van der Waals surface area contributed by atoms with Gasteiger partial charge in [-0.2, -0.15) is 0 Å². The van der Waals surface area contributed by atoms with Crippen LogP contribution in [0.4, 0.5) is 5.69 Å². The largest absolute Gasteiger partial charge is 0.382 e. The lowest BCUT2D eigenvalue weighted by molar-refractivity contribution is 0.0219. The van der Waals surface area contributed by atoms with Crippen LogP contribution in [0.5, 0.6) is 0 Å². The van der Waals surface area contributed by atoms with Gasteiger partial charge in [-0.25, -0.2) is 0 Å². The molecule has 5 rings (SSSR count). The van der Waals surface area contributed by atoms with Gasteiger partial charge in [-0.3, -0.25) is 0 Å². The van der Waals surface area contributed by atoms with E-state index in [1.165, 1.54) is 38.8 Å². The first kappa shape index (κ1) is 25.9. The Morgan fingerprint density at radius 2 is 1.38 bits per heavy atom. The lowest BCUT2D eigenvalue weighted by atomic mass is 10.1. The molecule has 0 aromatic heterocycles. The standard InChI is InChI=1S/C32H36NO3P/c1-34-21-22-35-23-24-36-25-27-12-10-20-33(27)32-30-17-9-8-11-26(30)18-19-31(32)37(28-13-4-2-5-14-28)29-15-6-3-7-16-29/h2-9,11,13-19,27H,10,12,20-25H2,1H3/t27-/m0/s1. The maximum atomic E-state index is 6.13. The first-order valence-corrected chi connectivity index (χ1v) is 14.5. The highest BCUT2D eigenvalue weighted by Crippen LogP contribution is 2.41. The fourth-order valence-corrected chi connectivity index (χ4v) is 7.67. The van der Waals surface area contributed by atoms with Gasteiger partial charge in [0.1, 0.15) is 0 Å². The summed E-state index contributed by atoms with van der Waals surface area (Å²) in [6, 6.07) is 35.9. The highest BCUT2D eigenvalue weighted by molar-refractivity contribution is 7.80. The zero-order valence-electron chi connectivity index (χ0n) is 21.6. The number of nitrogens with zero attached hydrogens (tertiary/aromatic N) is 1. The average Bonchev–Trinajstić information content (AvgIpc) is 3.42. The second-order valence-corrected chi connectivity index (χ2v) is 11.5. The lowest BCUT2D eigenvalue weighted by Crippen LogP contribution is -2.37. The van der Waals surface area contributed by atoms with Crippen molar-refractivity contribution in [2.75, 3.05) is 51.6 Å². The normalized spacial score (nSPS) is 15.6. The zero-order valence-corrected chi connectivity index (χ0v) is 22.5. The number of fused-ring (bicyclic) bond motifs is 1. The van der Waals surface area contributed by atoms with Crippen LogP contribution in [0.2, 0.25) is 0 Å². The van der Waals surface area contributed by atoms with Crippen LogP contribution in [0.1, 0.15) is 12.8 Å². The van der Waals surface area contributed by atoms with Gasteiger partial charge in [0, 0.05) is 24.3 Å². The molecule has 1 aliphatic heterocycles. The van der Waals surface area contributed by atoms with Crippen molar-refractivity contribution in [3.63, 3.8) is 0 Å². The molecular weight excluding hydrogens is 477 g/mol. The third kappa shape index (κ3) is 6.22. The molecule has 4 nitrogen and oxygen atoms in total. The first-order chi connectivity index (χ1) is 18.4. The molecule has 0 spiro atoms. The molecule has 1 saturated heterocycles. The van der Waals surface area contributed by atoms with Crippen molar-refractivity contribution >= 4 is 40.3 Å². The zero-order chi connectivity index (χ0) is 25.3. The molecule has 4 aromatic carbocycles. The smallest absolute Gasteiger partial charge is 0.0701 e. The van der Waals surface area contributed by atoms with Gasteiger partial charge in [0.2, 0.25) is 0 Å². The number of benzene rings is 4. The summed E-state index contributed by atoms with van der Waals surface area (Å²) in [6.07, 6.45) is 2.32. The average molecular weight is 514 g/mol. The van der Waals surface area contributed by atoms with Gasteiger partial charge >= 0.3 is 0 Å². The Hall–Kier alpha value is -2.75. The summed E-state index contributed by atoms with van der Waals surface area (Å²) in [5.74, 6) is 0. The summed E-state index contributed by atoms with van der Waals surface area (Å²) in [6.45, 7) is 4.19. The molecular formula is C32H36NO3P. The molecule has 0 N–H and O–H groups in total. The van der Waals surface area contributed by atoms with E-state index in [1.54, 1.807) is 7.11 Å².